The van der Waals surface area contributed by atoms with Crippen LogP contribution in [0.25, 0.3) is 17.0 Å². The molecule has 0 radical (unpaired) electrons. The van der Waals surface area contributed by atoms with Crippen LogP contribution in [0.5, 0.6) is 0 Å². The minimum Gasteiger partial charge on any atom is -0.348 e. The Labute approximate surface area is 202 Å². The molecule has 0 bridgehead atoms. The van der Waals surface area contributed by atoms with Gasteiger partial charge in [-0.1, -0.05) is 23.7 Å². The van der Waals surface area contributed by atoms with E-state index in [0.29, 0.717) is 21.6 Å². The second kappa shape index (κ2) is 8.75. The number of hydrogen-bond donors (Lipinski definition) is 1. The van der Waals surface area contributed by atoms with Crippen molar-refractivity contribution in [2.24, 2.45) is 4.99 Å². The highest BCUT2D eigenvalue weighted by Crippen LogP contribution is 2.35. The van der Waals surface area contributed by atoms with Gasteiger partial charge in [-0.3, -0.25) is 9.48 Å². The molecule has 3 heterocycles. The third kappa shape index (κ3) is 4.45. The Kier molecular flexibility index (Phi) is 5.91. The molecule has 11 heteroatoms. The first-order chi connectivity index (χ1) is 16.2. The van der Waals surface area contributed by atoms with Crippen LogP contribution in [0, 0.1) is 0 Å². The van der Waals surface area contributed by atoms with Gasteiger partial charge in [-0.2, -0.15) is 23.3 Å². The van der Waals surface area contributed by atoms with Gasteiger partial charge >= 0.3 is 6.18 Å². The number of likely N-dealkylation sites (tertiary alicyclic amines) is 1. The fourth-order valence-electron chi connectivity index (χ4n) is 3.94. The lowest BCUT2D eigenvalue weighted by molar-refractivity contribution is -0.138. The number of amides is 1. The van der Waals surface area contributed by atoms with Gasteiger partial charge in [-0.25, -0.2) is 0 Å². The Morgan fingerprint density at radius 2 is 2.03 bits per heavy atom. The van der Waals surface area contributed by atoms with Crippen molar-refractivity contribution in [2.45, 2.75) is 18.8 Å². The molecule has 1 saturated heterocycles. The number of carbonyl (C=O) groups is 1. The van der Waals surface area contributed by atoms with E-state index in [9.17, 15) is 18.0 Å². The molecule has 0 spiro atoms. The number of hydrogen-bond acceptors (Lipinski definition) is 5. The predicted octanol–water partition coefficient (Wildman–Crippen LogP) is 4.63. The molecule has 2 aliphatic heterocycles. The summed E-state index contributed by atoms with van der Waals surface area (Å²) in [6.07, 6.45) is -1.14. The topological polar surface area (TPSA) is 62.5 Å². The minimum atomic E-state index is -4.51. The third-order valence-corrected chi connectivity index (χ3v) is 7.11. The number of nitrogens with zero attached hydrogens (tertiary/aromatic N) is 4. The van der Waals surface area contributed by atoms with Crippen molar-refractivity contribution in [3.8, 4) is 0 Å². The molecule has 1 fully saturated rings. The second-order valence-corrected chi connectivity index (χ2v) is 9.57. The fraction of sp³-hybridized carbons (Fsp3) is 0.261. The summed E-state index contributed by atoms with van der Waals surface area (Å²) in [7, 11) is 1.91. The zero-order valence-corrected chi connectivity index (χ0v) is 19.5. The van der Waals surface area contributed by atoms with Crippen LogP contribution >= 0.6 is 23.4 Å². The summed E-state index contributed by atoms with van der Waals surface area (Å²) in [5.74, 6) is -0.272. The van der Waals surface area contributed by atoms with Crippen LogP contribution in [0.1, 0.15) is 16.7 Å². The molecule has 0 aliphatic carbocycles. The standard InChI is InChI=1S/C23H19ClF3N5OS/c1-28-17-11-31(12-17)22-30-21(33)20(34-22)7-13-2-5-19-15(6-13)9-29-32(19)10-14-3-4-16(24)8-18(14)23(25,26)27/h2-9,17,28H,10-12H2,1H3. The number of thioether (sulfide) groups is 1. The van der Waals surface area contributed by atoms with E-state index < -0.39 is 11.7 Å². The average Bonchev–Trinajstić information content (AvgIpc) is 3.31. The van der Waals surface area contributed by atoms with Crippen LogP contribution in [-0.4, -0.2) is 51.9 Å². The third-order valence-electron chi connectivity index (χ3n) is 5.83. The Morgan fingerprint density at radius 3 is 2.76 bits per heavy atom. The maximum Gasteiger partial charge on any atom is 0.416 e. The molecule has 2 aromatic carbocycles. The summed E-state index contributed by atoms with van der Waals surface area (Å²) < 4.78 is 41.9. The molecular weight excluding hydrogens is 487 g/mol. The molecular formula is C23H19ClF3N5OS. The number of carbonyl (C=O) groups excluding carboxylic acids is 1. The monoisotopic (exact) mass is 505 g/mol. The number of aromatic nitrogens is 2. The van der Waals surface area contributed by atoms with E-state index in [0.717, 1.165) is 30.1 Å². The van der Waals surface area contributed by atoms with Gasteiger partial charge in [-0.05, 0) is 60.3 Å². The van der Waals surface area contributed by atoms with Crippen molar-refractivity contribution in [1.82, 2.24) is 20.0 Å². The largest absolute Gasteiger partial charge is 0.416 e. The van der Waals surface area contributed by atoms with Crippen LogP contribution in [0.4, 0.5) is 13.2 Å². The molecule has 0 unspecified atom stereocenters. The van der Waals surface area contributed by atoms with Gasteiger partial charge in [0.15, 0.2) is 5.17 Å². The summed E-state index contributed by atoms with van der Waals surface area (Å²) in [5.41, 5.74) is 0.780. The number of benzene rings is 2. The lowest BCUT2D eigenvalue weighted by Crippen LogP contribution is -2.58. The Balaban J connectivity index is 1.36. The van der Waals surface area contributed by atoms with Gasteiger partial charge in [0.25, 0.3) is 5.91 Å². The number of rotatable bonds is 4. The number of aliphatic imine (C=N–C) groups is 1. The molecule has 2 aliphatic rings. The van der Waals surface area contributed by atoms with Crippen molar-refractivity contribution >= 4 is 51.4 Å². The van der Waals surface area contributed by atoms with E-state index in [2.05, 4.69) is 20.3 Å². The Bertz CT molecular complexity index is 1340. The van der Waals surface area contributed by atoms with Crippen molar-refractivity contribution in [3.63, 3.8) is 0 Å². The maximum absolute atomic E-state index is 13.5. The van der Waals surface area contributed by atoms with Gasteiger partial charge in [0.2, 0.25) is 0 Å². The van der Waals surface area contributed by atoms with Crippen molar-refractivity contribution in [1.29, 1.82) is 0 Å². The molecule has 3 aromatic rings. The Hall–Kier alpha value is -2.82. The number of amidine groups is 1. The molecule has 176 valence electrons. The normalized spacial score (nSPS) is 18.1. The molecule has 1 aromatic heterocycles. The highest BCUT2D eigenvalue weighted by molar-refractivity contribution is 8.18. The summed E-state index contributed by atoms with van der Waals surface area (Å²) in [5, 5.41) is 8.97. The molecule has 1 N–H and O–H groups in total. The Morgan fingerprint density at radius 1 is 1.24 bits per heavy atom. The molecule has 5 rings (SSSR count). The van der Waals surface area contributed by atoms with Crippen LogP contribution in [0.15, 0.2) is 52.5 Å². The van der Waals surface area contributed by atoms with E-state index in [1.807, 2.05) is 19.2 Å². The van der Waals surface area contributed by atoms with Crippen LogP contribution < -0.4 is 5.32 Å². The summed E-state index contributed by atoms with van der Waals surface area (Å²) >= 11 is 7.13. The molecule has 34 heavy (non-hydrogen) atoms. The van der Waals surface area contributed by atoms with E-state index in [-0.39, 0.29) is 23.0 Å². The number of halogens is 4. The molecule has 1 amide bonds. The lowest BCUT2D eigenvalue weighted by Gasteiger charge is -2.39. The van der Waals surface area contributed by atoms with Crippen molar-refractivity contribution in [3.05, 3.63) is 69.2 Å². The number of fused-ring (bicyclic) bond motifs is 1. The zero-order chi connectivity index (χ0) is 24.0. The van der Waals surface area contributed by atoms with E-state index >= 15 is 0 Å². The van der Waals surface area contributed by atoms with E-state index in [4.69, 9.17) is 11.6 Å². The molecule has 0 saturated carbocycles. The smallest absolute Gasteiger partial charge is 0.348 e. The molecule has 6 nitrogen and oxygen atoms in total. The van der Waals surface area contributed by atoms with Crippen LogP contribution in [0.2, 0.25) is 5.02 Å². The minimum absolute atomic E-state index is 0.0292. The number of nitrogens with one attached hydrogen (secondary N) is 1. The first-order valence-electron chi connectivity index (χ1n) is 10.5. The summed E-state index contributed by atoms with van der Waals surface area (Å²) in [6, 6.07) is 9.60. The highest BCUT2D eigenvalue weighted by Gasteiger charge is 2.34. The second-order valence-electron chi connectivity index (χ2n) is 8.12. The quantitative estimate of drug-likeness (QED) is 0.524. The van der Waals surface area contributed by atoms with Gasteiger partial charge in [0, 0.05) is 29.5 Å². The summed E-state index contributed by atoms with van der Waals surface area (Å²) in [6.45, 7) is 1.58. The lowest BCUT2D eigenvalue weighted by atomic mass is 10.1. The fourth-order valence-corrected chi connectivity index (χ4v) is 5.04. The first kappa shape index (κ1) is 22.9. The van der Waals surface area contributed by atoms with Crippen LogP contribution in [0.3, 0.4) is 0 Å². The van der Waals surface area contributed by atoms with Gasteiger partial charge in [-0.15, -0.1) is 0 Å². The summed E-state index contributed by atoms with van der Waals surface area (Å²) in [4.78, 5) is 19.1. The predicted molar refractivity (Wildman–Crippen MR) is 128 cm³/mol. The van der Waals surface area contributed by atoms with E-state index in [1.165, 1.54) is 28.6 Å². The van der Waals surface area contributed by atoms with Gasteiger partial charge in [0.05, 0.1) is 28.7 Å². The zero-order valence-electron chi connectivity index (χ0n) is 17.9. The SMILES string of the molecule is CNC1CN(C2=NC(=O)C(=Cc3ccc4c(cnn4Cc4ccc(Cl)cc4C(F)(F)F)c3)S2)C1. The average molecular weight is 506 g/mol. The first-order valence-corrected chi connectivity index (χ1v) is 11.7. The molecule has 0 atom stereocenters. The number of likely N-dealkylation sites (N-methyl/N-ethyl adjacent to an activating group) is 1. The van der Waals surface area contributed by atoms with Crippen LogP contribution in [-0.2, 0) is 17.5 Å². The number of alkyl halides is 3. The maximum atomic E-state index is 13.5. The van der Waals surface area contributed by atoms with Crippen molar-refractivity contribution in [2.75, 3.05) is 20.1 Å². The van der Waals surface area contributed by atoms with E-state index in [1.54, 1.807) is 18.3 Å². The highest BCUT2D eigenvalue weighted by atomic mass is 35.5. The van der Waals surface area contributed by atoms with Gasteiger partial charge < -0.3 is 10.2 Å². The van der Waals surface area contributed by atoms with Gasteiger partial charge in [0.1, 0.15) is 0 Å². The van der Waals surface area contributed by atoms with Crippen molar-refractivity contribution < 1.29 is 18.0 Å².